The molecule has 0 atom stereocenters. The minimum Gasteiger partial charge on any atom is -0.382 e. The van der Waals surface area contributed by atoms with E-state index in [9.17, 15) is 0 Å². The molecule has 5 nitrogen and oxygen atoms in total. The van der Waals surface area contributed by atoms with Gasteiger partial charge in [-0.05, 0) is 0 Å². The lowest BCUT2D eigenvalue weighted by molar-refractivity contribution is 0.570. The van der Waals surface area contributed by atoms with Crippen molar-refractivity contribution in [1.29, 1.82) is 0 Å². The maximum Gasteiger partial charge on any atom is 0.155 e. The highest BCUT2D eigenvalue weighted by atomic mass is 15.2. The van der Waals surface area contributed by atoms with E-state index in [0.717, 1.165) is 11.2 Å². The van der Waals surface area contributed by atoms with Crippen molar-refractivity contribution in [1.82, 2.24) is 20.2 Å². The Kier molecular flexibility index (Phi) is 1.70. The fourth-order valence-electron chi connectivity index (χ4n) is 1.37. The number of H-pyrrole nitrogens is 1. The predicted molar refractivity (Wildman–Crippen MR) is 54.8 cm³/mol. The zero-order valence-corrected chi connectivity index (χ0v) is 8.50. The highest BCUT2D eigenvalue weighted by molar-refractivity contribution is 5.85. The zero-order chi connectivity index (χ0) is 10.3. The van der Waals surface area contributed by atoms with Crippen molar-refractivity contribution in [3.8, 4) is 0 Å². The molecule has 0 radical (unpaired) electrons. The molecule has 0 spiro atoms. The van der Waals surface area contributed by atoms with Crippen molar-refractivity contribution in [3.05, 3.63) is 12.0 Å². The predicted octanol–water partition coefficient (Wildman–Crippen LogP) is 1.23. The highest BCUT2D eigenvalue weighted by Crippen LogP contribution is 2.27. The van der Waals surface area contributed by atoms with Gasteiger partial charge >= 0.3 is 0 Å². The van der Waals surface area contributed by atoms with Gasteiger partial charge in [0.25, 0.3) is 0 Å². The molecule has 0 unspecified atom stereocenters. The van der Waals surface area contributed by atoms with E-state index in [2.05, 4.69) is 40.9 Å². The molecule has 2 heterocycles. The van der Waals surface area contributed by atoms with Gasteiger partial charge in [0.05, 0.1) is 5.69 Å². The molecule has 0 bridgehead atoms. The molecule has 0 aromatic carbocycles. The number of anilines is 1. The van der Waals surface area contributed by atoms with Crippen molar-refractivity contribution < 1.29 is 0 Å². The summed E-state index contributed by atoms with van der Waals surface area (Å²) in [4.78, 5) is 8.07. The number of aromatic nitrogens is 4. The van der Waals surface area contributed by atoms with Gasteiger partial charge in [-0.1, -0.05) is 20.8 Å². The molecule has 3 N–H and O–H groups in total. The van der Waals surface area contributed by atoms with Crippen LogP contribution >= 0.6 is 0 Å². The zero-order valence-electron chi connectivity index (χ0n) is 8.50. The minimum absolute atomic E-state index is 0.0183. The van der Waals surface area contributed by atoms with E-state index >= 15 is 0 Å². The average molecular weight is 191 g/mol. The van der Waals surface area contributed by atoms with Crippen molar-refractivity contribution >= 4 is 16.9 Å². The van der Waals surface area contributed by atoms with Crippen molar-refractivity contribution in [2.45, 2.75) is 26.2 Å². The van der Waals surface area contributed by atoms with Gasteiger partial charge in [0.2, 0.25) is 0 Å². The summed E-state index contributed by atoms with van der Waals surface area (Å²) >= 11 is 0. The van der Waals surface area contributed by atoms with Gasteiger partial charge in [0.15, 0.2) is 11.3 Å². The molecular weight excluding hydrogens is 178 g/mol. The van der Waals surface area contributed by atoms with E-state index in [1.165, 1.54) is 6.33 Å². The summed E-state index contributed by atoms with van der Waals surface area (Å²) in [5.41, 5.74) is 8.11. The second-order valence-electron chi connectivity index (χ2n) is 4.30. The number of rotatable bonds is 0. The van der Waals surface area contributed by atoms with Crippen LogP contribution in [0.4, 0.5) is 5.82 Å². The van der Waals surface area contributed by atoms with E-state index in [0.29, 0.717) is 11.3 Å². The molecule has 2 rings (SSSR count). The third-order valence-electron chi connectivity index (χ3n) is 2.12. The fourth-order valence-corrected chi connectivity index (χ4v) is 1.37. The molecule has 5 heteroatoms. The van der Waals surface area contributed by atoms with Crippen LogP contribution < -0.4 is 5.73 Å². The fraction of sp³-hybridized carbons (Fsp3) is 0.444. The first-order valence-electron chi connectivity index (χ1n) is 4.45. The van der Waals surface area contributed by atoms with Crippen LogP contribution in [0, 0.1) is 0 Å². The summed E-state index contributed by atoms with van der Waals surface area (Å²) in [5, 5.41) is 7.07. The van der Waals surface area contributed by atoms with E-state index in [-0.39, 0.29) is 5.41 Å². The quantitative estimate of drug-likeness (QED) is 0.656. The van der Waals surface area contributed by atoms with Crippen LogP contribution in [0.5, 0.6) is 0 Å². The number of nitrogen functional groups attached to an aromatic ring is 1. The molecule has 14 heavy (non-hydrogen) atoms. The number of nitrogens with zero attached hydrogens (tertiary/aromatic N) is 3. The lowest BCUT2D eigenvalue weighted by atomic mass is 9.91. The summed E-state index contributed by atoms with van der Waals surface area (Å²) in [7, 11) is 0. The molecule has 0 aliphatic heterocycles. The Hall–Kier alpha value is -1.65. The number of hydrogen-bond acceptors (Lipinski definition) is 4. The number of hydrogen-bond donors (Lipinski definition) is 2. The molecule has 0 fully saturated rings. The van der Waals surface area contributed by atoms with Crippen LogP contribution in [0.25, 0.3) is 11.0 Å². The van der Waals surface area contributed by atoms with Gasteiger partial charge in [0.1, 0.15) is 11.8 Å². The van der Waals surface area contributed by atoms with E-state index in [1.54, 1.807) is 0 Å². The van der Waals surface area contributed by atoms with Crippen LogP contribution in [0.3, 0.4) is 0 Å². The molecule has 74 valence electrons. The molecule has 0 aliphatic carbocycles. The van der Waals surface area contributed by atoms with Gasteiger partial charge in [-0.2, -0.15) is 5.10 Å². The van der Waals surface area contributed by atoms with Crippen LogP contribution in [0.2, 0.25) is 0 Å². The number of nitrogens with two attached hydrogens (primary N) is 1. The smallest absolute Gasteiger partial charge is 0.155 e. The van der Waals surface area contributed by atoms with E-state index in [4.69, 9.17) is 5.73 Å². The molecule has 2 aromatic rings. The third-order valence-corrected chi connectivity index (χ3v) is 2.12. The average Bonchev–Trinajstić information content (AvgIpc) is 2.47. The Morgan fingerprint density at radius 3 is 2.57 bits per heavy atom. The summed E-state index contributed by atoms with van der Waals surface area (Å²) in [6.07, 6.45) is 1.46. The Balaban J connectivity index is 2.76. The van der Waals surface area contributed by atoms with Crippen molar-refractivity contribution in [2.24, 2.45) is 0 Å². The summed E-state index contributed by atoms with van der Waals surface area (Å²) < 4.78 is 0. The minimum atomic E-state index is -0.0183. The number of nitrogens with one attached hydrogen (secondary N) is 1. The van der Waals surface area contributed by atoms with E-state index < -0.39 is 0 Å². The SMILES string of the molecule is CC(C)(C)c1[nH]nc2c(N)ncnc12. The van der Waals surface area contributed by atoms with Gasteiger partial charge in [-0.15, -0.1) is 0 Å². The second kappa shape index (κ2) is 2.67. The number of fused-ring (bicyclic) bond motifs is 1. The van der Waals surface area contributed by atoms with E-state index in [1.807, 2.05) is 0 Å². The Labute approximate surface area is 81.7 Å². The first kappa shape index (κ1) is 8.93. The normalized spacial score (nSPS) is 12.2. The summed E-state index contributed by atoms with van der Waals surface area (Å²) in [6, 6.07) is 0. The number of aromatic amines is 1. The Bertz CT molecular complexity index is 465. The van der Waals surface area contributed by atoms with Crippen LogP contribution in [0.15, 0.2) is 6.33 Å². The molecule has 0 saturated carbocycles. The first-order chi connectivity index (χ1) is 6.50. The molecule has 0 saturated heterocycles. The monoisotopic (exact) mass is 191 g/mol. The van der Waals surface area contributed by atoms with Gasteiger partial charge < -0.3 is 5.73 Å². The highest BCUT2D eigenvalue weighted by Gasteiger charge is 2.21. The second-order valence-corrected chi connectivity index (χ2v) is 4.30. The molecule has 0 aliphatic rings. The lowest BCUT2D eigenvalue weighted by Gasteiger charge is -2.15. The first-order valence-corrected chi connectivity index (χ1v) is 4.45. The summed E-state index contributed by atoms with van der Waals surface area (Å²) in [6.45, 7) is 6.29. The maximum absolute atomic E-state index is 5.68. The maximum atomic E-state index is 5.68. The Morgan fingerprint density at radius 1 is 1.21 bits per heavy atom. The lowest BCUT2D eigenvalue weighted by Crippen LogP contribution is -2.12. The standard InChI is InChI=1S/C9H13N5/c1-9(2,3)7-5-6(13-14-7)8(10)12-4-11-5/h4H,1-3H3,(H,13,14)(H2,10,11,12). The molecule has 2 aromatic heterocycles. The van der Waals surface area contributed by atoms with Crippen LogP contribution in [0.1, 0.15) is 26.5 Å². The molecule has 0 amide bonds. The summed E-state index contributed by atoms with van der Waals surface area (Å²) in [5.74, 6) is 0.418. The van der Waals surface area contributed by atoms with Gasteiger partial charge in [0, 0.05) is 5.41 Å². The largest absolute Gasteiger partial charge is 0.382 e. The molecular formula is C9H13N5. The topological polar surface area (TPSA) is 80.5 Å². The van der Waals surface area contributed by atoms with Crippen molar-refractivity contribution in [3.63, 3.8) is 0 Å². The van der Waals surface area contributed by atoms with Gasteiger partial charge in [-0.25, -0.2) is 9.97 Å². The third kappa shape index (κ3) is 1.21. The van der Waals surface area contributed by atoms with Crippen molar-refractivity contribution in [2.75, 3.05) is 5.73 Å². The van der Waals surface area contributed by atoms with Crippen LogP contribution in [-0.4, -0.2) is 20.2 Å². The van der Waals surface area contributed by atoms with Gasteiger partial charge in [-0.3, -0.25) is 5.10 Å². The van der Waals surface area contributed by atoms with Crippen LogP contribution in [-0.2, 0) is 5.41 Å². The Morgan fingerprint density at radius 2 is 1.93 bits per heavy atom.